The van der Waals surface area contributed by atoms with Crippen molar-refractivity contribution < 1.29 is 9.21 Å². The molecule has 1 aliphatic rings. The van der Waals surface area contributed by atoms with Crippen molar-refractivity contribution in [2.24, 2.45) is 5.92 Å². The summed E-state index contributed by atoms with van der Waals surface area (Å²) in [5.74, 6) is 1.67. The van der Waals surface area contributed by atoms with Crippen LogP contribution in [0.5, 0.6) is 0 Å². The first-order valence-electron chi connectivity index (χ1n) is 10.2. The number of aryl methyl sites for hydroxylation is 1. The summed E-state index contributed by atoms with van der Waals surface area (Å²) in [6.45, 7) is 2.03. The molecule has 3 heterocycles. The van der Waals surface area contributed by atoms with Crippen LogP contribution in [-0.4, -0.2) is 25.7 Å². The minimum Gasteiger partial charge on any atom is -0.463 e. The van der Waals surface area contributed by atoms with E-state index in [0.717, 1.165) is 19.3 Å². The lowest BCUT2D eigenvalue weighted by Crippen LogP contribution is -2.20. The van der Waals surface area contributed by atoms with E-state index in [4.69, 9.17) is 4.42 Å². The Kier molecular flexibility index (Phi) is 5.59. The number of nitrogens with one attached hydrogen (secondary N) is 2. The highest BCUT2D eigenvalue weighted by molar-refractivity contribution is 5.90. The van der Waals surface area contributed by atoms with E-state index in [1.165, 1.54) is 23.6 Å². The molecule has 1 saturated carbocycles. The van der Waals surface area contributed by atoms with Crippen LogP contribution in [0, 0.1) is 5.92 Å². The molecular formula is C21H25N5O3. The summed E-state index contributed by atoms with van der Waals surface area (Å²) in [5.41, 5.74) is 0.982. The van der Waals surface area contributed by atoms with E-state index in [-0.39, 0.29) is 17.4 Å². The van der Waals surface area contributed by atoms with E-state index in [2.05, 4.69) is 20.4 Å². The number of carbonyl (C=O) groups excluding carboxylic acids is 1. The number of aromatic amines is 1. The second-order valence-corrected chi connectivity index (χ2v) is 7.52. The van der Waals surface area contributed by atoms with Gasteiger partial charge in [-0.3, -0.25) is 14.6 Å². The van der Waals surface area contributed by atoms with Gasteiger partial charge in [0.15, 0.2) is 5.76 Å². The van der Waals surface area contributed by atoms with E-state index in [0.29, 0.717) is 41.7 Å². The summed E-state index contributed by atoms with van der Waals surface area (Å²) in [7, 11) is 0. The fourth-order valence-electron chi connectivity index (χ4n) is 3.83. The second kappa shape index (κ2) is 8.46. The number of hydrogen-bond acceptors (Lipinski definition) is 5. The molecule has 4 rings (SSSR count). The van der Waals surface area contributed by atoms with E-state index in [1.807, 2.05) is 6.92 Å². The van der Waals surface area contributed by atoms with Crippen LogP contribution < -0.4 is 10.9 Å². The van der Waals surface area contributed by atoms with Crippen LogP contribution in [0.4, 0.5) is 5.82 Å². The molecule has 0 radical (unpaired) electrons. The average molecular weight is 395 g/mol. The van der Waals surface area contributed by atoms with E-state index < -0.39 is 0 Å². The summed E-state index contributed by atoms with van der Waals surface area (Å²) in [4.78, 5) is 32.0. The molecule has 3 aromatic rings. The van der Waals surface area contributed by atoms with E-state index >= 15 is 0 Å². The van der Waals surface area contributed by atoms with Gasteiger partial charge in [-0.2, -0.15) is 9.78 Å². The molecule has 152 valence electrons. The van der Waals surface area contributed by atoms with Gasteiger partial charge in [-0.05, 0) is 37.3 Å². The molecule has 1 fully saturated rings. The lowest BCUT2D eigenvalue weighted by molar-refractivity contribution is -0.117. The molecule has 1 amide bonds. The van der Waals surface area contributed by atoms with Crippen molar-refractivity contribution in [2.45, 2.75) is 51.9 Å². The summed E-state index contributed by atoms with van der Waals surface area (Å²) in [6, 6.07) is 6.79. The van der Waals surface area contributed by atoms with Crippen LogP contribution in [-0.2, 0) is 11.2 Å². The Morgan fingerprint density at radius 1 is 1.34 bits per heavy atom. The number of carbonyl (C=O) groups is 1. The standard InChI is InChI=1S/C21H25N5O3/c1-2-6-15-12-20(28)24-21(22-15)26-18(13-16(25-26)17-9-5-10-29-17)23-19(27)11-14-7-3-4-8-14/h5,9-10,12-14H,2-4,6-8,11H2,1H3,(H,23,27)(H,22,24,28). The maximum absolute atomic E-state index is 12.6. The van der Waals surface area contributed by atoms with Gasteiger partial charge in [-0.15, -0.1) is 0 Å². The van der Waals surface area contributed by atoms with Crippen molar-refractivity contribution in [3.8, 4) is 17.4 Å². The van der Waals surface area contributed by atoms with Crippen LogP contribution in [0.3, 0.4) is 0 Å². The van der Waals surface area contributed by atoms with Crippen molar-refractivity contribution in [1.82, 2.24) is 19.7 Å². The van der Waals surface area contributed by atoms with Crippen molar-refractivity contribution in [2.75, 3.05) is 5.32 Å². The number of nitrogens with zero attached hydrogens (tertiary/aromatic N) is 3. The maximum Gasteiger partial charge on any atom is 0.252 e. The number of amides is 1. The first-order valence-corrected chi connectivity index (χ1v) is 10.2. The van der Waals surface area contributed by atoms with Crippen LogP contribution >= 0.6 is 0 Å². The van der Waals surface area contributed by atoms with Crippen LogP contribution in [0.25, 0.3) is 17.4 Å². The Labute approximate surface area is 168 Å². The second-order valence-electron chi connectivity index (χ2n) is 7.52. The molecule has 0 aliphatic heterocycles. The smallest absolute Gasteiger partial charge is 0.252 e. The molecule has 0 saturated heterocycles. The third-order valence-electron chi connectivity index (χ3n) is 5.19. The summed E-state index contributed by atoms with van der Waals surface area (Å²) < 4.78 is 6.90. The fraction of sp³-hybridized carbons (Fsp3) is 0.429. The molecule has 3 aromatic heterocycles. The summed E-state index contributed by atoms with van der Waals surface area (Å²) >= 11 is 0. The van der Waals surface area contributed by atoms with Gasteiger partial charge in [-0.1, -0.05) is 26.2 Å². The first kappa shape index (κ1) is 19.2. The molecule has 2 N–H and O–H groups in total. The minimum atomic E-state index is -0.253. The van der Waals surface area contributed by atoms with Crippen LogP contribution in [0.2, 0.25) is 0 Å². The Balaban J connectivity index is 1.68. The molecule has 8 nitrogen and oxygen atoms in total. The highest BCUT2D eigenvalue weighted by Gasteiger charge is 2.21. The number of hydrogen-bond donors (Lipinski definition) is 2. The topological polar surface area (TPSA) is 106 Å². The number of furan rings is 1. The third-order valence-corrected chi connectivity index (χ3v) is 5.19. The molecule has 29 heavy (non-hydrogen) atoms. The zero-order chi connectivity index (χ0) is 20.2. The quantitative estimate of drug-likeness (QED) is 0.635. The van der Waals surface area contributed by atoms with E-state index in [9.17, 15) is 9.59 Å². The van der Waals surface area contributed by atoms with Crippen molar-refractivity contribution in [1.29, 1.82) is 0 Å². The molecule has 0 atom stereocenters. The minimum absolute atomic E-state index is 0.0592. The predicted molar refractivity (Wildman–Crippen MR) is 109 cm³/mol. The zero-order valence-corrected chi connectivity index (χ0v) is 16.5. The Morgan fingerprint density at radius 2 is 2.17 bits per heavy atom. The fourth-order valence-corrected chi connectivity index (χ4v) is 3.83. The number of aromatic nitrogens is 4. The number of rotatable bonds is 7. The molecular weight excluding hydrogens is 370 g/mol. The third kappa shape index (κ3) is 4.47. The van der Waals surface area contributed by atoms with Gasteiger partial charge in [0, 0.05) is 24.2 Å². The highest BCUT2D eigenvalue weighted by Crippen LogP contribution is 2.29. The van der Waals surface area contributed by atoms with Crippen molar-refractivity contribution >= 4 is 11.7 Å². The molecule has 0 bridgehead atoms. The Bertz CT molecular complexity index is 1030. The van der Waals surface area contributed by atoms with E-state index in [1.54, 1.807) is 24.5 Å². The lowest BCUT2D eigenvalue weighted by atomic mass is 10.0. The normalized spacial score (nSPS) is 14.4. The highest BCUT2D eigenvalue weighted by atomic mass is 16.3. The molecule has 8 heteroatoms. The molecule has 0 spiro atoms. The molecule has 1 aliphatic carbocycles. The summed E-state index contributed by atoms with van der Waals surface area (Å²) in [5, 5.41) is 7.47. The van der Waals surface area contributed by atoms with Gasteiger partial charge < -0.3 is 9.73 Å². The summed E-state index contributed by atoms with van der Waals surface area (Å²) in [6.07, 6.45) is 8.18. The Morgan fingerprint density at radius 3 is 2.90 bits per heavy atom. The Hall–Kier alpha value is -3.16. The first-order chi connectivity index (χ1) is 14.1. The SMILES string of the molecule is CCCc1cc(=O)[nH]c(-n2nc(-c3ccco3)cc2NC(=O)CC2CCCC2)n1. The van der Waals surface area contributed by atoms with Crippen LogP contribution in [0.15, 0.2) is 39.7 Å². The van der Waals surface area contributed by atoms with Crippen LogP contribution in [0.1, 0.15) is 51.1 Å². The van der Waals surface area contributed by atoms with Crippen molar-refractivity contribution in [3.05, 3.63) is 46.6 Å². The largest absolute Gasteiger partial charge is 0.463 e. The average Bonchev–Trinajstić information content (AvgIpc) is 3.43. The maximum atomic E-state index is 12.6. The molecule has 0 unspecified atom stereocenters. The van der Waals surface area contributed by atoms with Gasteiger partial charge in [0.05, 0.1) is 6.26 Å². The number of H-pyrrole nitrogens is 1. The van der Waals surface area contributed by atoms with Gasteiger partial charge in [0.1, 0.15) is 11.5 Å². The van der Waals surface area contributed by atoms with Gasteiger partial charge in [0.2, 0.25) is 11.9 Å². The monoisotopic (exact) mass is 395 g/mol. The predicted octanol–water partition coefficient (Wildman–Crippen LogP) is 3.69. The molecule has 0 aromatic carbocycles. The van der Waals surface area contributed by atoms with Gasteiger partial charge in [-0.25, -0.2) is 4.98 Å². The lowest BCUT2D eigenvalue weighted by Gasteiger charge is -2.11. The van der Waals surface area contributed by atoms with Gasteiger partial charge >= 0.3 is 0 Å². The zero-order valence-electron chi connectivity index (χ0n) is 16.5. The number of anilines is 1. The van der Waals surface area contributed by atoms with Crippen molar-refractivity contribution in [3.63, 3.8) is 0 Å². The van der Waals surface area contributed by atoms with Gasteiger partial charge in [0.25, 0.3) is 5.56 Å².